The van der Waals surface area contributed by atoms with Crippen molar-refractivity contribution in [3.63, 3.8) is 0 Å². The zero-order valence-electron chi connectivity index (χ0n) is 12.0. The number of benzene rings is 1. The Labute approximate surface area is 131 Å². The molecular weight excluding hydrogens is 290 g/mol. The minimum Gasteiger partial charge on any atom is -0.399 e. The van der Waals surface area contributed by atoms with Crippen LogP contribution in [0.1, 0.15) is 24.8 Å². The first-order chi connectivity index (χ1) is 9.65. The van der Waals surface area contributed by atoms with Crippen LogP contribution in [0.15, 0.2) is 24.3 Å². The highest BCUT2D eigenvalue weighted by molar-refractivity contribution is 5.85. The summed E-state index contributed by atoms with van der Waals surface area (Å²) in [7, 11) is 0. The summed E-state index contributed by atoms with van der Waals surface area (Å²) in [6, 6.07) is 7.61. The van der Waals surface area contributed by atoms with Crippen LogP contribution in [0.2, 0.25) is 0 Å². The van der Waals surface area contributed by atoms with Gasteiger partial charge in [0.2, 0.25) is 11.8 Å². The molecule has 1 aliphatic heterocycles. The first kappa shape index (κ1) is 17.3. The fraction of sp³-hybridized carbons (Fsp3) is 0.467. The Balaban J connectivity index is 0.00000220. The van der Waals surface area contributed by atoms with Gasteiger partial charge in [0, 0.05) is 25.2 Å². The molecule has 1 aromatic carbocycles. The average Bonchev–Trinajstić information content (AvgIpc) is 2.44. The molecule has 0 radical (unpaired) electrons. The number of nitrogen functional groups attached to an aromatic ring is 1. The molecular formula is C15H22ClN3O2. The molecule has 2 amide bonds. The topological polar surface area (TPSA) is 75.4 Å². The Hall–Kier alpha value is -1.75. The van der Waals surface area contributed by atoms with Crippen LogP contribution in [0, 0.1) is 0 Å². The Kier molecular flexibility index (Phi) is 7.02. The maximum Gasteiger partial charge on any atom is 0.239 e. The van der Waals surface area contributed by atoms with Gasteiger partial charge in [0.15, 0.2) is 0 Å². The molecule has 0 atom stereocenters. The van der Waals surface area contributed by atoms with Crippen LogP contribution >= 0.6 is 12.4 Å². The zero-order chi connectivity index (χ0) is 14.4. The molecule has 1 aromatic rings. The summed E-state index contributed by atoms with van der Waals surface area (Å²) >= 11 is 0. The Morgan fingerprint density at radius 2 is 1.95 bits per heavy atom. The first-order valence-corrected chi connectivity index (χ1v) is 7.04. The third kappa shape index (κ3) is 5.63. The van der Waals surface area contributed by atoms with Crippen LogP contribution in [-0.2, 0) is 16.0 Å². The maximum atomic E-state index is 11.8. The number of piperidine rings is 1. The number of nitrogens with one attached hydrogen (secondary N) is 1. The summed E-state index contributed by atoms with van der Waals surface area (Å²) in [5.74, 6) is 0.000583. The fourth-order valence-electron chi connectivity index (χ4n) is 2.29. The molecule has 0 aliphatic carbocycles. The van der Waals surface area contributed by atoms with E-state index in [4.69, 9.17) is 5.73 Å². The summed E-state index contributed by atoms with van der Waals surface area (Å²) in [5.41, 5.74) is 7.48. The van der Waals surface area contributed by atoms with E-state index in [1.54, 1.807) is 4.90 Å². The number of rotatable bonds is 5. The lowest BCUT2D eigenvalue weighted by Crippen LogP contribution is -2.43. The second-order valence-electron chi connectivity index (χ2n) is 5.11. The van der Waals surface area contributed by atoms with Gasteiger partial charge < -0.3 is 16.0 Å². The van der Waals surface area contributed by atoms with Crippen LogP contribution in [0.5, 0.6) is 0 Å². The Morgan fingerprint density at radius 1 is 1.24 bits per heavy atom. The van der Waals surface area contributed by atoms with Gasteiger partial charge in [-0.25, -0.2) is 0 Å². The van der Waals surface area contributed by atoms with Gasteiger partial charge in [-0.3, -0.25) is 9.59 Å². The van der Waals surface area contributed by atoms with E-state index in [0.717, 1.165) is 30.5 Å². The van der Waals surface area contributed by atoms with E-state index >= 15 is 0 Å². The van der Waals surface area contributed by atoms with E-state index < -0.39 is 0 Å². The van der Waals surface area contributed by atoms with E-state index in [-0.39, 0.29) is 30.8 Å². The van der Waals surface area contributed by atoms with Crippen LogP contribution in [0.4, 0.5) is 5.69 Å². The van der Waals surface area contributed by atoms with E-state index in [9.17, 15) is 9.59 Å². The number of carbonyl (C=O) groups is 2. The number of nitrogens with zero attached hydrogens (tertiary/aromatic N) is 1. The number of amides is 2. The van der Waals surface area contributed by atoms with Gasteiger partial charge in [0.1, 0.15) is 0 Å². The molecule has 0 aromatic heterocycles. The van der Waals surface area contributed by atoms with Crippen molar-refractivity contribution in [2.24, 2.45) is 0 Å². The van der Waals surface area contributed by atoms with Gasteiger partial charge in [0.05, 0.1) is 6.54 Å². The zero-order valence-corrected chi connectivity index (χ0v) is 12.8. The fourth-order valence-corrected chi connectivity index (χ4v) is 2.29. The standard InChI is InChI=1S/C15H21N3O2.ClH/c16-13-6-4-12(5-7-13)8-9-17-14(19)11-18-10-2-1-3-15(18)20;/h4-7H,1-3,8-11,16H2,(H,17,19);1H. The van der Waals surface area contributed by atoms with Crippen molar-refractivity contribution >= 4 is 29.9 Å². The lowest BCUT2D eigenvalue weighted by molar-refractivity contribution is -0.137. The highest BCUT2D eigenvalue weighted by Gasteiger charge is 2.19. The van der Waals surface area contributed by atoms with E-state index in [2.05, 4.69) is 5.32 Å². The number of anilines is 1. The van der Waals surface area contributed by atoms with Crippen molar-refractivity contribution in [3.8, 4) is 0 Å². The van der Waals surface area contributed by atoms with Crippen molar-refractivity contribution in [3.05, 3.63) is 29.8 Å². The number of hydrogen-bond donors (Lipinski definition) is 2. The van der Waals surface area contributed by atoms with Crippen molar-refractivity contribution in [2.45, 2.75) is 25.7 Å². The van der Waals surface area contributed by atoms with Gasteiger partial charge in [-0.2, -0.15) is 0 Å². The molecule has 1 saturated heterocycles. The van der Waals surface area contributed by atoms with Crippen molar-refractivity contribution < 1.29 is 9.59 Å². The lowest BCUT2D eigenvalue weighted by atomic mass is 10.1. The number of carbonyl (C=O) groups excluding carboxylic acids is 2. The Bertz CT molecular complexity index is 476. The van der Waals surface area contributed by atoms with Crippen molar-refractivity contribution in [1.29, 1.82) is 0 Å². The van der Waals surface area contributed by atoms with Gasteiger partial charge in [0.25, 0.3) is 0 Å². The second-order valence-corrected chi connectivity index (χ2v) is 5.11. The minimum absolute atomic E-state index is 0. The summed E-state index contributed by atoms with van der Waals surface area (Å²) < 4.78 is 0. The highest BCUT2D eigenvalue weighted by Crippen LogP contribution is 2.09. The minimum atomic E-state index is -0.0873. The van der Waals surface area contributed by atoms with Crippen molar-refractivity contribution in [2.75, 3.05) is 25.4 Å². The van der Waals surface area contributed by atoms with E-state index in [1.807, 2.05) is 24.3 Å². The molecule has 0 spiro atoms. The monoisotopic (exact) mass is 311 g/mol. The normalized spacial score (nSPS) is 14.5. The lowest BCUT2D eigenvalue weighted by Gasteiger charge is -2.25. The number of halogens is 1. The number of hydrogen-bond acceptors (Lipinski definition) is 3. The second kappa shape index (κ2) is 8.52. The van der Waals surface area contributed by atoms with Gasteiger partial charge in [-0.05, 0) is 37.0 Å². The predicted molar refractivity (Wildman–Crippen MR) is 85.2 cm³/mol. The molecule has 0 unspecified atom stereocenters. The summed E-state index contributed by atoms with van der Waals surface area (Å²) in [4.78, 5) is 25.0. The molecule has 21 heavy (non-hydrogen) atoms. The molecule has 1 heterocycles. The number of likely N-dealkylation sites (tertiary alicyclic amines) is 1. The molecule has 1 aliphatic rings. The quantitative estimate of drug-likeness (QED) is 0.806. The third-order valence-electron chi connectivity index (χ3n) is 3.47. The average molecular weight is 312 g/mol. The molecule has 5 nitrogen and oxygen atoms in total. The molecule has 0 saturated carbocycles. The van der Waals surface area contributed by atoms with Crippen molar-refractivity contribution in [1.82, 2.24) is 10.2 Å². The molecule has 0 bridgehead atoms. The molecule has 2 rings (SSSR count). The van der Waals surface area contributed by atoms with E-state index in [1.165, 1.54) is 0 Å². The van der Waals surface area contributed by atoms with Crippen LogP contribution in [0.3, 0.4) is 0 Å². The molecule has 3 N–H and O–H groups in total. The van der Waals surface area contributed by atoms with Gasteiger partial charge >= 0.3 is 0 Å². The van der Waals surface area contributed by atoms with E-state index in [0.29, 0.717) is 19.5 Å². The highest BCUT2D eigenvalue weighted by atomic mass is 35.5. The van der Waals surface area contributed by atoms with Gasteiger partial charge in [-0.15, -0.1) is 12.4 Å². The third-order valence-corrected chi connectivity index (χ3v) is 3.47. The summed E-state index contributed by atoms with van der Waals surface area (Å²) in [6.07, 6.45) is 3.26. The summed E-state index contributed by atoms with van der Waals surface area (Å²) in [6.45, 7) is 1.45. The molecule has 1 fully saturated rings. The van der Waals surface area contributed by atoms with Crippen LogP contribution < -0.4 is 11.1 Å². The Morgan fingerprint density at radius 3 is 2.62 bits per heavy atom. The largest absolute Gasteiger partial charge is 0.399 e. The first-order valence-electron chi connectivity index (χ1n) is 7.04. The maximum absolute atomic E-state index is 11.8. The smallest absolute Gasteiger partial charge is 0.239 e. The summed E-state index contributed by atoms with van der Waals surface area (Å²) in [5, 5.41) is 2.85. The molecule has 6 heteroatoms. The predicted octanol–water partition coefficient (Wildman–Crippen LogP) is 1.36. The number of nitrogens with two attached hydrogens (primary N) is 1. The molecule has 116 valence electrons. The van der Waals surface area contributed by atoms with Gasteiger partial charge in [-0.1, -0.05) is 12.1 Å². The van der Waals surface area contributed by atoms with Crippen LogP contribution in [-0.4, -0.2) is 36.3 Å². The van der Waals surface area contributed by atoms with Crippen LogP contribution in [0.25, 0.3) is 0 Å². The SMILES string of the molecule is Cl.Nc1ccc(CCNC(=O)CN2CCCCC2=O)cc1.